The summed E-state index contributed by atoms with van der Waals surface area (Å²) in [6, 6.07) is 1.81. The predicted molar refractivity (Wildman–Crippen MR) is 93.5 cm³/mol. The Kier molecular flexibility index (Phi) is 3.73. The molecule has 120 valence electrons. The zero-order chi connectivity index (χ0) is 16.0. The summed E-state index contributed by atoms with van der Waals surface area (Å²) in [4.78, 5) is 9.12. The molecular weight excluding hydrogens is 330 g/mol. The van der Waals surface area contributed by atoms with Gasteiger partial charge in [-0.2, -0.15) is 9.61 Å². The molecule has 3 aromatic heterocycles. The van der Waals surface area contributed by atoms with Crippen LogP contribution in [0.4, 0.5) is 5.82 Å². The molecule has 0 radical (unpaired) electrons. The fraction of sp³-hybridized carbons (Fsp3) is 0.438. The summed E-state index contributed by atoms with van der Waals surface area (Å²) in [5, 5.41) is 11.6. The van der Waals surface area contributed by atoms with Crippen LogP contribution in [0, 0.1) is 0 Å². The lowest BCUT2D eigenvalue weighted by molar-refractivity contribution is 0.871. The van der Waals surface area contributed by atoms with Gasteiger partial charge in [0.05, 0.1) is 18.4 Å². The van der Waals surface area contributed by atoms with Gasteiger partial charge in [-0.25, -0.2) is 9.97 Å². The van der Waals surface area contributed by atoms with Gasteiger partial charge in [0.15, 0.2) is 5.65 Å². The molecular formula is C16H18ClN5S. The smallest absolute Gasteiger partial charge is 0.162 e. The second-order valence-corrected chi connectivity index (χ2v) is 7.58. The summed E-state index contributed by atoms with van der Waals surface area (Å²) < 4.78 is 1.82. The molecule has 3 heterocycles. The summed E-state index contributed by atoms with van der Waals surface area (Å²) in [5.74, 6) is 1.89. The molecule has 0 amide bonds. The zero-order valence-electron chi connectivity index (χ0n) is 13.1. The van der Waals surface area contributed by atoms with Gasteiger partial charge in [-0.15, -0.1) is 11.3 Å². The highest BCUT2D eigenvalue weighted by molar-refractivity contribution is 7.09. The zero-order valence-corrected chi connectivity index (χ0v) is 14.7. The molecule has 0 saturated heterocycles. The molecule has 0 aromatic carbocycles. The van der Waals surface area contributed by atoms with Crippen molar-refractivity contribution in [1.29, 1.82) is 0 Å². The van der Waals surface area contributed by atoms with Crippen molar-refractivity contribution < 1.29 is 0 Å². The van der Waals surface area contributed by atoms with E-state index < -0.39 is 0 Å². The Morgan fingerprint density at radius 1 is 1.39 bits per heavy atom. The summed E-state index contributed by atoms with van der Waals surface area (Å²) in [6.07, 6.45) is 4.42. The first-order valence-electron chi connectivity index (χ1n) is 7.84. The second-order valence-electron chi connectivity index (χ2n) is 6.25. The molecule has 1 aliphatic rings. The van der Waals surface area contributed by atoms with Gasteiger partial charge in [-0.05, 0) is 18.8 Å². The van der Waals surface area contributed by atoms with Gasteiger partial charge >= 0.3 is 0 Å². The van der Waals surface area contributed by atoms with Crippen LogP contribution >= 0.6 is 22.9 Å². The normalized spacial score (nSPS) is 14.8. The predicted octanol–water partition coefficient (Wildman–Crippen LogP) is 4.45. The molecule has 5 nitrogen and oxygen atoms in total. The average Bonchev–Trinajstić information content (AvgIpc) is 3.09. The number of thiazole rings is 1. The number of nitrogens with one attached hydrogen (secondary N) is 1. The Hall–Kier alpha value is -1.66. The van der Waals surface area contributed by atoms with Gasteiger partial charge < -0.3 is 5.32 Å². The highest BCUT2D eigenvalue weighted by Crippen LogP contribution is 2.40. The first-order valence-corrected chi connectivity index (χ1v) is 9.10. The molecule has 1 fully saturated rings. The van der Waals surface area contributed by atoms with Crippen molar-refractivity contribution in [2.24, 2.45) is 0 Å². The lowest BCUT2D eigenvalue weighted by atomic mass is 10.1. The van der Waals surface area contributed by atoms with Crippen molar-refractivity contribution in [2.45, 2.75) is 45.1 Å². The van der Waals surface area contributed by atoms with E-state index in [0.717, 1.165) is 22.0 Å². The van der Waals surface area contributed by atoms with Gasteiger partial charge in [-0.3, -0.25) is 0 Å². The number of hydrogen-bond donors (Lipinski definition) is 1. The monoisotopic (exact) mass is 347 g/mol. The van der Waals surface area contributed by atoms with E-state index in [1.807, 2.05) is 10.7 Å². The van der Waals surface area contributed by atoms with Crippen LogP contribution < -0.4 is 5.32 Å². The quantitative estimate of drug-likeness (QED) is 0.693. The second kappa shape index (κ2) is 5.76. The Morgan fingerprint density at radius 3 is 2.96 bits per heavy atom. The van der Waals surface area contributed by atoms with Crippen LogP contribution in [-0.2, 0) is 6.54 Å². The van der Waals surface area contributed by atoms with E-state index in [2.05, 4.69) is 34.6 Å². The Balaban J connectivity index is 1.60. The molecule has 4 rings (SSSR count). The van der Waals surface area contributed by atoms with E-state index in [1.165, 1.54) is 18.5 Å². The third-order valence-corrected chi connectivity index (χ3v) is 5.14. The number of rotatable bonds is 5. The number of nitrogens with zero attached hydrogens (tertiary/aromatic N) is 4. The van der Waals surface area contributed by atoms with Gasteiger partial charge in [0.1, 0.15) is 16.0 Å². The standard InChI is InChI=1S/C16H18ClN5S/c1-9(2)11-6-19-22-14(5-13(17)21-16(11)22)18-7-15-20-12(8-23-15)10-3-4-10/h5-6,8-10,18H,3-4,7H2,1-2H3. The average molecular weight is 348 g/mol. The van der Waals surface area contributed by atoms with Crippen LogP contribution in [0.5, 0.6) is 0 Å². The molecule has 1 saturated carbocycles. The van der Waals surface area contributed by atoms with Crippen molar-refractivity contribution in [3.63, 3.8) is 0 Å². The number of anilines is 1. The van der Waals surface area contributed by atoms with Crippen LogP contribution in [-0.4, -0.2) is 19.6 Å². The van der Waals surface area contributed by atoms with Gasteiger partial charge in [0.2, 0.25) is 0 Å². The van der Waals surface area contributed by atoms with Crippen LogP contribution in [0.1, 0.15) is 54.8 Å². The van der Waals surface area contributed by atoms with Crippen LogP contribution in [0.3, 0.4) is 0 Å². The van der Waals surface area contributed by atoms with E-state index in [4.69, 9.17) is 16.6 Å². The molecule has 0 unspecified atom stereocenters. The fourth-order valence-electron chi connectivity index (χ4n) is 2.62. The van der Waals surface area contributed by atoms with Crippen molar-refractivity contribution in [3.05, 3.63) is 39.1 Å². The van der Waals surface area contributed by atoms with Crippen LogP contribution in [0.25, 0.3) is 5.65 Å². The van der Waals surface area contributed by atoms with Crippen LogP contribution in [0.2, 0.25) is 5.15 Å². The molecule has 1 aliphatic carbocycles. The Labute approximate surface area is 143 Å². The van der Waals surface area contributed by atoms with Crippen molar-refractivity contribution >= 4 is 34.4 Å². The van der Waals surface area contributed by atoms with E-state index in [9.17, 15) is 0 Å². The fourth-order valence-corrected chi connectivity index (χ4v) is 3.62. The maximum atomic E-state index is 6.19. The maximum absolute atomic E-state index is 6.19. The van der Waals surface area contributed by atoms with E-state index in [0.29, 0.717) is 23.5 Å². The number of halogens is 1. The van der Waals surface area contributed by atoms with Gasteiger partial charge in [0, 0.05) is 22.9 Å². The van der Waals surface area contributed by atoms with Crippen molar-refractivity contribution in [3.8, 4) is 0 Å². The summed E-state index contributed by atoms with van der Waals surface area (Å²) in [6.45, 7) is 4.92. The Morgan fingerprint density at radius 2 is 2.22 bits per heavy atom. The van der Waals surface area contributed by atoms with E-state index in [-0.39, 0.29) is 0 Å². The lowest BCUT2D eigenvalue weighted by Gasteiger charge is -2.08. The third-order valence-electron chi connectivity index (χ3n) is 4.08. The highest BCUT2D eigenvalue weighted by Gasteiger charge is 2.26. The molecule has 0 spiro atoms. The summed E-state index contributed by atoms with van der Waals surface area (Å²) in [5.41, 5.74) is 3.15. The minimum atomic E-state index is 0.353. The van der Waals surface area contributed by atoms with Crippen LogP contribution in [0.15, 0.2) is 17.6 Å². The lowest BCUT2D eigenvalue weighted by Crippen LogP contribution is -2.06. The highest BCUT2D eigenvalue weighted by atomic mass is 35.5. The topological polar surface area (TPSA) is 55.1 Å². The van der Waals surface area contributed by atoms with Crippen molar-refractivity contribution in [1.82, 2.24) is 19.6 Å². The number of aromatic nitrogens is 4. The third kappa shape index (κ3) is 2.93. The van der Waals surface area contributed by atoms with Gasteiger partial charge in [-0.1, -0.05) is 25.4 Å². The SMILES string of the molecule is CC(C)c1cnn2c(NCc3nc(C4CC4)cs3)cc(Cl)nc12. The molecule has 7 heteroatoms. The van der Waals surface area contributed by atoms with Crippen molar-refractivity contribution in [2.75, 3.05) is 5.32 Å². The molecule has 1 N–H and O–H groups in total. The molecule has 0 atom stereocenters. The molecule has 23 heavy (non-hydrogen) atoms. The first-order chi connectivity index (χ1) is 11.1. The number of hydrogen-bond acceptors (Lipinski definition) is 5. The molecule has 3 aromatic rings. The molecule has 0 aliphatic heterocycles. The maximum Gasteiger partial charge on any atom is 0.162 e. The Bertz CT molecular complexity index is 849. The van der Waals surface area contributed by atoms with E-state index >= 15 is 0 Å². The minimum absolute atomic E-state index is 0.353. The van der Waals surface area contributed by atoms with E-state index in [1.54, 1.807) is 17.4 Å². The molecule has 0 bridgehead atoms. The number of fused-ring (bicyclic) bond motifs is 1. The summed E-state index contributed by atoms with van der Waals surface area (Å²) in [7, 11) is 0. The van der Waals surface area contributed by atoms with Gasteiger partial charge in [0.25, 0.3) is 0 Å². The summed E-state index contributed by atoms with van der Waals surface area (Å²) >= 11 is 7.89. The minimum Gasteiger partial charge on any atom is -0.363 e. The largest absolute Gasteiger partial charge is 0.363 e. The first kappa shape index (κ1) is 14.9.